The Morgan fingerprint density at radius 3 is 1.23 bits per heavy atom. The van der Waals surface area contributed by atoms with E-state index in [1.165, 1.54) is 13.8 Å². The van der Waals surface area contributed by atoms with Crippen molar-refractivity contribution >= 4 is 11.6 Å². The van der Waals surface area contributed by atoms with Crippen LogP contribution in [0, 0.1) is 46.9 Å². The maximum atomic E-state index is 10.8. The summed E-state index contributed by atoms with van der Waals surface area (Å²) in [5, 5.41) is 0. The van der Waals surface area contributed by atoms with Crippen LogP contribution < -0.4 is 0 Å². The van der Waals surface area contributed by atoms with Crippen LogP contribution >= 0.6 is 0 Å². The van der Waals surface area contributed by atoms with Crippen molar-refractivity contribution in [1.29, 1.82) is 0 Å². The van der Waals surface area contributed by atoms with E-state index >= 15 is 0 Å². The summed E-state index contributed by atoms with van der Waals surface area (Å²) in [4.78, 5) is 21.7. The van der Waals surface area contributed by atoms with Crippen LogP contribution in [0.15, 0.2) is 24.3 Å². The molecule has 0 saturated carbocycles. The molecule has 76 valence electrons. The van der Waals surface area contributed by atoms with Crippen LogP contribution in [0.3, 0.4) is 0 Å². The first kappa shape index (κ1) is 13.1. The monoisotopic (exact) mass is 336 g/mol. The Kier molecular flexibility index (Phi) is 5.77. The quantitative estimate of drug-likeness (QED) is 0.776. The van der Waals surface area contributed by atoms with Crippen molar-refractivity contribution < 1.29 is 56.5 Å². The zero-order valence-corrected chi connectivity index (χ0v) is 9.11. The maximum Gasteiger partial charge on any atom is 0.159 e. The number of benzene rings is 1. The number of hydrogen-bond acceptors (Lipinski definition) is 2. The first-order valence-electron chi connectivity index (χ1n) is 3.73. The minimum atomic E-state index is 0. The van der Waals surface area contributed by atoms with Crippen LogP contribution in [0.5, 0.6) is 0 Å². The fraction of sp³-hybridized carbons (Fsp3) is 0.200. The van der Waals surface area contributed by atoms with Gasteiger partial charge in [-0.3, -0.25) is 9.59 Å². The molecular weight excluding hydrogens is 325 g/mol. The van der Waals surface area contributed by atoms with Gasteiger partial charge in [0.25, 0.3) is 0 Å². The van der Waals surface area contributed by atoms with Gasteiger partial charge in [-0.05, 0) is 13.8 Å². The van der Waals surface area contributed by atoms with Crippen molar-refractivity contribution in [1.82, 2.24) is 0 Å². The van der Waals surface area contributed by atoms with E-state index in [0.29, 0.717) is 11.1 Å². The molecule has 0 aliphatic rings. The molecule has 0 spiro atoms. The van der Waals surface area contributed by atoms with Gasteiger partial charge >= 0.3 is 0 Å². The Balaban J connectivity index is 0.00000144. The van der Waals surface area contributed by atoms with Gasteiger partial charge in [-0.15, -0.1) is 0 Å². The number of rotatable bonds is 2. The summed E-state index contributed by atoms with van der Waals surface area (Å²) in [5.74, 6) is 0.0372. The van der Waals surface area contributed by atoms with Crippen LogP contribution in [0.4, 0.5) is 0 Å². The van der Waals surface area contributed by atoms with Crippen molar-refractivity contribution in [3.8, 4) is 0 Å². The van der Waals surface area contributed by atoms with Crippen molar-refractivity contribution in [2.75, 3.05) is 0 Å². The smallest absolute Gasteiger partial charge is 0.159 e. The van der Waals surface area contributed by atoms with Gasteiger partial charge in [-0.1, -0.05) is 24.3 Å². The van der Waals surface area contributed by atoms with E-state index in [-0.39, 0.29) is 58.5 Å². The Morgan fingerprint density at radius 2 is 1.08 bits per heavy atom. The van der Waals surface area contributed by atoms with Gasteiger partial charge in [0.05, 0.1) is 0 Å². The van der Waals surface area contributed by atoms with Crippen LogP contribution in [-0.4, -0.2) is 11.6 Å². The Hall–Kier alpha value is 0.0795. The molecule has 0 fully saturated rings. The molecule has 0 unspecified atom stereocenters. The second kappa shape index (κ2) is 5.74. The SMILES string of the molecule is CC(=O)c1ccc(C(C)=O)cc1.[Yb]. The molecule has 1 aromatic rings. The number of hydrogen-bond donors (Lipinski definition) is 0. The minimum absolute atomic E-state index is 0. The molecule has 0 atom stereocenters. The summed E-state index contributed by atoms with van der Waals surface area (Å²) in [6, 6.07) is 6.66. The molecule has 13 heavy (non-hydrogen) atoms. The van der Waals surface area contributed by atoms with E-state index < -0.39 is 0 Å². The Labute approximate surface area is 116 Å². The standard InChI is InChI=1S/C10H10O2.Yb/c1-7(11)9-3-5-10(6-4-9)8(2)12;/h3-6H,1-2H3;. The van der Waals surface area contributed by atoms with Crippen molar-refractivity contribution in [3.05, 3.63) is 35.4 Å². The molecule has 0 bridgehead atoms. The molecule has 1 rings (SSSR count). The number of carbonyl (C=O) groups is 2. The number of Topliss-reactive ketones (excluding diaryl/α,β-unsaturated/α-hetero) is 2. The average Bonchev–Trinajstić information content (AvgIpc) is 2.04. The first-order chi connectivity index (χ1) is 5.61. The van der Waals surface area contributed by atoms with E-state index in [1.807, 2.05) is 0 Å². The van der Waals surface area contributed by atoms with E-state index in [1.54, 1.807) is 24.3 Å². The topological polar surface area (TPSA) is 34.1 Å². The van der Waals surface area contributed by atoms with Gasteiger partial charge < -0.3 is 0 Å². The van der Waals surface area contributed by atoms with Crippen molar-refractivity contribution in [2.45, 2.75) is 13.8 Å². The molecule has 0 radical (unpaired) electrons. The summed E-state index contributed by atoms with van der Waals surface area (Å²) < 4.78 is 0. The molecule has 3 heteroatoms. The molecule has 0 saturated heterocycles. The van der Waals surface area contributed by atoms with Crippen molar-refractivity contribution in [2.24, 2.45) is 0 Å². The predicted octanol–water partition coefficient (Wildman–Crippen LogP) is 2.09. The zero-order valence-electron chi connectivity index (χ0n) is 7.39. The first-order valence-corrected chi connectivity index (χ1v) is 3.73. The van der Waals surface area contributed by atoms with E-state index in [2.05, 4.69) is 0 Å². The third-order valence-electron chi connectivity index (χ3n) is 1.70. The van der Waals surface area contributed by atoms with Crippen molar-refractivity contribution in [3.63, 3.8) is 0 Å². The Bertz CT molecular complexity index is 281. The maximum absolute atomic E-state index is 10.8. The summed E-state index contributed by atoms with van der Waals surface area (Å²) in [6.45, 7) is 3.01. The normalized spacial score (nSPS) is 8.77. The summed E-state index contributed by atoms with van der Waals surface area (Å²) >= 11 is 0. The van der Waals surface area contributed by atoms with Gasteiger partial charge in [0.1, 0.15) is 0 Å². The van der Waals surface area contributed by atoms with E-state index in [4.69, 9.17) is 0 Å². The number of carbonyl (C=O) groups excluding carboxylic acids is 2. The molecule has 0 N–H and O–H groups in total. The van der Waals surface area contributed by atoms with Gasteiger partial charge in [-0.25, -0.2) is 0 Å². The largest absolute Gasteiger partial charge is 0.295 e. The third-order valence-corrected chi connectivity index (χ3v) is 1.70. The van der Waals surface area contributed by atoms with Crippen LogP contribution in [0.2, 0.25) is 0 Å². The zero-order chi connectivity index (χ0) is 9.14. The molecule has 0 amide bonds. The summed E-state index contributed by atoms with van der Waals surface area (Å²) in [7, 11) is 0. The predicted molar refractivity (Wildman–Crippen MR) is 46.5 cm³/mol. The second-order valence-corrected chi connectivity index (χ2v) is 2.69. The third kappa shape index (κ3) is 3.75. The molecule has 1 aromatic carbocycles. The molecule has 0 aliphatic carbocycles. The van der Waals surface area contributed by atoms with E-state index in [9.17, 15) is 9.59 Å². The van der Waals surface area contributed by atoms with Crippen LogP contribution in [0.1, 0.15) is 34.6 Å². The van der Waals surface area contributed by atoms with Crippen LogP contribution in [-0.2, 0) is 0 Å². The van der Waals surface area contributed by atoms with Crippen LogP contribution in [0.25, 0.3) is 0 Å². The molecule has 0 aromatic heterocycles. The average molecular weight is 335 g/mol. The minimum Gasteiger partial charge on any atom is -0.295 e. The Morgan fingerprint density at radius 1 is 0.846 bits per heavy atom. The second-order valence-electron chi connectivity index (χ2n) is 2.69. The van der Waals surface area contributed by atoms with E-state index in [0.717, 1.165) is 0 Å². The molecule has 2 nitrogen and oxygen atoms in total. The molecule has 0 heterocycles. The fourth-order valence-electron chi connectivity index (χ4n) is 0.940. The summed E-state index contributed by atoms with van der Waals surface area (Å²) in [6.07, 6.45) is 0. The van der Waals surface area contributed by atoms with Gasteiger partial charge in [0, 0.05) is 58.1 Å². The fourth-order valence-corrected chi connectivity index (χ4v) is 0.940. The molecule has 0 aliphatic heterocycles. The molecular formula is C10H10O2Yb. The van der Waals surface area contributed by atoms with Gasteiger partial charge in [-0.2, -0.15) is 0 Å². The summed E-state index contributed by atoms with van der Waals surface area (Å²) in [5.41, 5.74) is 1.28. The van der Waals surface area contributed by atoms with Gasteiger partial charge in [0.15, 0.2) is 11.6 Å². The van der Waals surface area contributed by atoms with Gasteiger partial charge in [0.2, 0.25) is 0 Å². The number of ketones is 2.